The lowest BCUT2D eigenvalue weighted by molar-refractivity contribution is -0.117. The molecule has 0 saturated carbocycles. The first-order valence-electron chi connectivity index (χ1n) is 10.5. The first-order valence-corrected chi connectivity index (χ1v) is 10.8. The summed E-state index contributed by atoms with van der Waals surface area (Å²) in [4.78, 5) is 32.3. The van der Waals surface area contributed by atoms with Crippen molar-refractivity contribution in [2.45, 2.75) is 6.92 Å². The number of piperazine rings is 1. The number of carbonyl (C=O) groups excluding carboxylic acids is 2. The highest BCUT2D eigenvalue weighted by molar-refractivity contribution is 6.30. The molecule has 32 heavy (non-hydrogen) atoms. The molecule has 0 spiro atoms. The molecule has 0 radical (unpaired) electrons. The van der Waals surface area contributed by atoms with Gasteiger partial charge >= 0.3 is 5.97 Å². The minimum atomic E-state index is -0.602. The number of H-pyrrole nitrogens is 1. The van der Waals surface area contributed by atoms with Gasteiger partial charge in [0.1, 0.15) is 11.5 Å². The first kappa shape index (κ1) is 22.1. The fourth-order valence-electron chi connectivity index (χ4n) is 3.87. The molecule has 0 aliphatic carbocycles. The molecule has 1 fully saturated rings. The second kappa shape index (κ2) is 9.58. The molecule has 0 atom stereocenters. The largest absolute Gasteiger partial charge is 0.461 e. The summed E-state index contributed by atoms with van der Waals surface area (Å²) in [7, 11) is 0. The Balaban J connectivity index is 1.43. The summed E-state index contributed by atoms with van der Waals surface area (Å²) >= 11 is 6.09. The van der Waals surface area contributed by atoms with Crippen LogP contribution in [0.5, 0.6) is 0 Å². The number of ether oxygens (including phenoxy) is 1. The van der Waals surface area contributed by atoms with E-state index in [0.717, 1.165) is 18.8 Å². The van der Waals surface area contributed by atoms with Crippen LogP contribution < -0.4 is 10.2 Å². The normalized spacial score (nSPS) is 14.5. The molecular weight excluding hydrogens is 435 g/mol. The van der Waals surface area contributed by atoms with Crippen molar-refractivity contribution < 1.29 is 18.7 Å². The highest BCUT2D eigenvalue weighted by atomic mass is 35.5. The van der Waals surface area contributed by atoms with Crippen LogP contribution in [0.2, 0.25) is 5.02 Å². The van der Waals surface area contributed by atoms with Gasteiger partial charge in [0.15, 0.2) is 0 Å². The Morgan fingerprint density at radius 2 is 1.94 bits per heavy atom. The molecule has 3 aromatic rings. The van der Waals surface area contributed by atoms with Gasteiger partial charge in [0.2, 0.25) is 5.91 Å². The van der Waals surface area contributed by atoms with E-state index in [0.29, 0.717) is 29.0 Å². The average Bonchev–Trinajstić information content (AvgIpc) is 3.12. The molecule has 0 bridgehead atoms. The summed E-state index contributed by atoms with van der Waals surface area (Å²) in [5, 5.41) is 3.90. The maximum absolute atomic E-state index is 13.8. The summed E-state index contributed by atoms with van der Waals surface area (Å²) in [6.07, 6.45) is 0. The number of amides is 1. The van der Waals surface area contributed by atoms with E-state index in [9.17, 15) is 14.0 Å². The topological polar surface area (TPSA) is 77.7 Å². The minimum absolute atomic E-state index is 0.103. The lowest BCUT2D eigenvalue weighted by atomic mass is 10.2. The molecule has 1 amide bonds. The Morgan fingerprint density at radius 1 is 1.16 bits per heavy atom. The number of nitrogens with zero attached hydrogens (tertiary/aromatic N) is 2. The first-order chi connectivity index (χ1) is 15.4. The predicted octanol–water partition coefficient (Wildman–Crippen LogP) is 3.90. The van der Waals surface area contributed by atoms with Gasteiger partial charge in [-0.25, -0.2) is 9.18 Å². The summed E-state index contributed by atoms with van der Waals surface area (Å²) in [6, 6.07) is 11.8. The van der Waals surface area contributed by atoms with Gasteiger partial charge in [-0.1, -0.05) is 17.7 Å². The number of anilines is 2. The maximum atomic E-state index is 13.8. The number of benzene rings is 2. The number of rotatable bonds is 6. The second-order valence-electron chi connectivity index (χ2n) is 7.58. The standard InChI is InChI=1S/C23H24ClFN4O3/c1-2-32-23(31)22-21(18-13-16(25)6-7-19(18)26-22)27-20(30)14-28-8-10-29(11-9-28)17-5-3-4-15(24)12-17/h3-7,12-13,26H,2,8-11,14H2,1H3,(H,27,30). The van der Waals surface area contributed by atoms with Crippen LogP contribution in [0.4, 0.5) is 15.8 Å². The molecule has 168 valence electrons. The van der Waals surface area contributed by atoms with Crippen molar-refractivity contribution in [3.63, 3.8) is 0 Å². The van der Waals surface area contributed by atoms with Crippen molar-refractivity contribution in [3.05, 3.63) is 59.0 Å². The molecule has 9 heteroatoms. The minimum Gasteiger partial charge on any atom is -0.461 e. The van der Waals surface area contributed by atoms with Gasteiger partial charge in [0.05, 0.1) is 18.8 Å². The van der Waals surface area contributed by atoms with Crippen molar-refractivity contribution in [1.29, 1.82) is 0 Å². The van der Waals surface area contributed by atoms with Gasteiger partial charge in [-0.15, -0.1) is 0 Å². The van der Waals surface area contributed by atoms with Crippen molar-refractivity contribution in [3.8, 4) is 0 Å². The lowest BCUT2D eigenvalue weighted by Crippen LogP contribution is -2.48. The number of esters is 1. The van der Waals surface area contributed by atoms with Crippen LogP contribution in [0.25, 0.3) is 10.9 Å². The number of carbonyl (C=O) groups is 2. The van der Waals surface area contributed by atoms with Crippen molar-refractivity contribution in [2.24, 2.45) is 0 Å². The van der Waals surface area contributed by atoms with E-state index in [1.807, 2.05) is 29.2 Å². The van der Waals surface area contributed by atoms with Gasteiger partial charge < -0.3 is 19.9 Å². The number of aromatic amines is 1. The fourth-order valence-corrected chi connectivity index (χ4v) is 4.05. The molecule has 2 heterocycles. The maximum Gasteiger partial charge on any atom is 0.356 e. The number of hydrogen-bond acceptors (Lipinski definition) is 5. The van der Waals surface area contributed by atoms with Crippen LogP contribution in [0.15, 0.2) is 42.5 Å². The van der Waals surface area contributed by atoms with E-state index >= 15 is 0 Å². The smallest absolute Gasteiger partial charge is 0.356 e. The molecule has 2 N–H and O–H groups in total. The van der Waals surface area contributed by atoms with E-state index in [2.05, 4.69) is 15.2 Å². The summed E-state index contributed by atoms with van der Waals surface area (Å²) in [6.45, 7) is 4.97. The molecule has 1 saturated heterocycles. The summed E-state index contributed by atoms with van der Waals surface area (Å²) in [5.74, 6) is -1.34. The van der Waals surface area contributed by atoms with Crippen molar-refractivity contribution in [1.82, 2.24) is 9.88 Å². The molecule has 1 aromatic heterocycles. The van der Waals surface area contributed by atoms with E-state index < -0.39 is 11.8 Å². The van der Waals surface area contributed by atoms with Gasteiger partial charge in [0, 0.05) is 47.8 Å². The average molecular weight is 459 g/mol. The van der Waals surface area contributed by atoms with Crippen LogP contribution in [0.1, 0.15) is 17.4 Å². The molecule has 1 aliphatic heterocycles. The zero-order chi connectivity index (χ0) is 22.7. The van der Waals surface area contributed by atoms with Gasteiger partial charge in [-0.3, -0.25) is 9.69 Å². The lowest BCUT2D eigenvalue weighted by Gasteiger charge is -2.35. The number of fused-ring (bicyclic) bond motifs is 1. The highest BCUT2D eigenvalue weighted by Gasteiger charge is 2.23. The number of nitrogens with one attached hydrogen (secondary N) is 2. The number of halogens is 2. The van der Waals surface area contributed by atoms with Gasteiger partial charge in [-0.2, -0.15) is 0 Å². The zero-order valence-corrected chi connectivity index (χ0v) is 18.4. The third-order valence-corrected chi connectivity index (χ3v) is 5.65. The Labute approximate surface area is 190 Å². The van der Waals surface area contributed by atoms with Gasteiger partial charge in [-0.05, 0) is 43.3 Å². The van der Waals surface area contributed by atoms with E-state index in [1.54, 1.807) is 6.92 Å². The van der Waals surface area contributed by atoms with Crippen LogP contribution in [0.3, 0.4) is 0 Å². The van der Waals surface area contributed by atoms with Crippen LogP contribution in [0, 0.1) is 5.82 Å². The molecule has 2 aromatic carbocycles. The van der Waals surface area contributed by atoms with Gasteiger partial charge in [0.25, 0.3) is 0 Å². The van der Waals surface area contributed by atoms with Crippen LogP contribution in [-0.4, -0.2) is 61.1 Å². The number of hydrogen-bond donors (Lipinski definition) is 2. The SMILES string of the molecule is CCOC(=O)c1[nH]c2ccc(F)cc2c1NC(=O)CN1CCN(c2cccc(Cl)c2)CC1. The molecule has 7 nitrogen and oxygen atoms in total. The Bertz CT molecular complexity index is 1140. The molecule has 4 rings (SSSR count). The Hall–Kier alpha value is -3.10. The van der Waals surface area contributed by atoms with Crippen molar-refractivity contribution >= 4 is 45.8 Å². The Morgan fingerprint density at radius 3 is 2.66 bits per heavy atom. The summed E-state index contributed by atoms with van der Waals surface area (Å²) < 4.78 is 18.9. The highest BCUT2D eigenvalue weighted by Crippen LogP contribution is 2.29. The summed E-state index contributed by atoms with van der Waals surface area (Å²) in [5.41, 5.74) is 1.94. The van der Waals surface area contributed by atoms with E-state index in [1.165, 1.54) is 18.2 Å². The third-order valence-electron chi connectivity index (χ3n) is 5.42. The monoisotopic (exact) mass is 458 g/mol. The number of aromatic nitrogens is 1. The van der Waals surface area contributed by atoms with Crippen LogP contribution >= 0.6 is 11.6 Å². The molecule has 0 unspecified atom stereocenters. The second-order valence-corrected chi connectivity index (χ2v) is 8.01. The third kappa shape index (κ3) is 4.87. The van der Waals surface area contributed by atoms with Crippen LogP contribution in [-0.2, 0) is 9.53 Å². The quantitative estimate of drug-likeness (QED) is 0.548. The van der Waals surface area contributed by atoms with E-state index in [-0.39, 0.29) is 30.4 Å². The zero-order valence-electron chi connectivity index (χ0n) is 17.7. The van der Waals surface area contributed by atoms with E-state index in [4.69, 9.17) is 16.3 Å². The fraction of sp³-hybridized carbons (Fsp3) is 0.304. The molecule has 1 aliphatic rings. The molecular formula is C23H24ClFN4O3. The van der Waals surface area contributed by atoms with Crippen molar-refractivity contribution in [2.75, 3.05) is 49.5 Å². The Kier molecular flexibility index (Phi) is 6.62. The predicted molar refractivity (Wildman–Crippen MR) is 123 cm³/mol.